The fourth-order valence-electron chi connectivity index (χ4n) is 1.62. The van der Waals surface area contributed by atoms with E-state index >= 15 is 0 Å². The highest BCUT2D eigenvalue weighted by Crippen LogP contribution is 2.17. The van der Waals surface area contributed by atoms with Crippen LogP contribution in [0, 0.1) is 0 Å². The van der Waals surface area contributed by atoms with Gasteiger partial charge in [-0.3, -0.25) is 14.7 Å². The number of primary amides is 1. The van der Waals surface area contributed by atoms with Crippen LogP contribution in [0.2, 0.25) is 0 Å². The first-order chi connectivity index (χ1) is 9.16. The van der Waals surface area contributed by atoms with E-state index in [-0.39, 0.29) is 18.9 Å². The minimum atomic E-state index is -0.435. The van der Waals surface area contributed by atoms with Crippen LogP contribution in [0.15, 0.2) is 36.7 Å². The third-order valence-corrected chi connectivity index (χ3v) is 2.64. The van der Waals surface area contributed by atoms with Gasteiger partial charge in [-0.05, 0) is 17.7 Å². The van der Waals surface area contributed by atoms with Crippen LogP contribution >= 0.6 is 0 Å². The maximum absolute atomic E-state index is 11.7. The lowest BCUT2D eigenvalue weighted by Crippen LogP contribution is -2.27. The number of amides is 2. The van der Waals surface area contributed by atoms with Crippen molar-refractivity contribution in [3.63, 3.8) is 0 Å². The topological polar surface area (TPSA) is 101 Å². The van der Waals surface area contributed by atoms with E-state index in [1.165, 1.54) is 0 Å². The SMILES string of the molecule is NC(=O)CCNC(=O)c1ccc(-c2cn[nH]c2)cc1. The van der Waals surface area contributed by atoms with E-state index in [1.54, 1.807) is 24.5 Å². The number of nitrogens with two attached hydrogens (primary N) is 1. The second-order valence-corrected chi connectivity index (χ2v) is 4.04. The van der Waals surface area contributed by atoms with Gasteiger partial charge in [-0.1, -0.05) is 12.1 Å². The molecule has 19 heavy (non-hydrogen) atoms. The van der Waals surface area contributed by atoms with Gasteiger partial charge in [-0.2, -0.15) is 5.10 Å². The van der Waals surface area contributed by atoms with Crippen molar-refractivity contribution in [3.05, 3.63) is 42.2 Å². The van der Waals surface area contributed by atoms with Gasteiger partial charge in [0.25, 0.3) is 5.91 Å². The van der Waals surface area contributed by atoms with Gasteiger partial charge < -0.3 is 11.1 Å². The molecular weight excluding hydrogens is 244 g/mol. The van der Waals surface area contributed by atoms with E-state index in [2.05, 4.69) is 15.5 Å². The summed E-state index contributed by atoms with van der Waals surface area (Å²) in [6.45, 7) is 0.248. The monoisotopic (exact) mass is 258 g/mol. The molecule has 1 heterocycles. The average Bonchev–Trinajstić information content (AvgIpc) is 2.92. The molecule has 6 heteroatoms. The van der Waals surface area contributed by atoms with Crippen LogP contribution in [0.1, 0.15) is 16.8 Å². The highest BCUT2D eigenvalue weighted by Gasteiger charge is 2.06. The Balaban J connectivity index is 1.98. The molecule has 2 amide bonds. The minimum absolute atomic E-state index is 0.138. The lowest BCUT2D eigenvalue weighted by Gasteiger charge is -2.04. The third kappa shape index (κ3) is 3.41. The number of hydrogen-bond acceptors (Lipinski definition) is 3. The van der Waals surface area contributed by atoms with Crippen molar-refractivity contribution >= 4 is 11.8 Å². The predicted molar refractivity (Wildman–Crippen MR) is 70.2 cm³/mol. The molecule has 0 aliphatic heterocycles. The van der Waals surface area contributed by atoms with Crippen LogP contribution in [-0.2, 0) is 4.79 Å². The Hall–Kier alpha value is -2.63. The summed E-state index contributed by atoms with van der Waals surface area (Å²) in [6, 6.07) is 7.13. The fraction of sp³-hybridized carbons (Fsp3) is 0.154. The van der Waals surface area contributed by atoms with Gasteiger partial charge in [-0.25, -0.2) is 0 Å². The number of nitrogens with one attached hydrogen (secondary N) is 2. The van der Waals surface area contributed by atoms with Gasteiger partial charge in [0.2, 0.25) is 5.91 Å². The molecule has 0 saturated heterocycles. The molecule has 0 aliphatic rings. The van der Waals surface area contributed by atoms with Gasteiger partial charge >= 0.3 is 0 Å². The van der Waals surface area contributed by atoms with Crippen molar-refractivity contribution in [1.82, 2.24) is 15.5 Å². The highest BCUT2D eigenvalue weighted by atomic mass is 16.2. The van der Waals surface area contributed by atoms with Crippen molar-refractivity contribution in [2.75, 3.05) is 6.54 Å². The van der Waals surface area contributed by atoms with E-state index in [4.69, 9.17) is 5.73 Å². The largest absolute Gasteiger partial charge is 0.370 e. The van der Waals surface area contributed by atoms with Crippen molar-refractivity contribution in [2.45, 2.75) is 6.42 Å². The summed E-state index contributed by atoms with van der Waals surface area (Å²) in [6.07, 6.45) is 3.63. The van der Waals surface area contributed by atoms with E-state index in [9.17, 15) is 9.59 Å². The minimum Gasteiger partial charge on any atom is -0.370 e. The summed E-state index contributed by atoms with van der Waals surface area (Å²) >= 11 is 0. The molecular formula is C13H14N4O2. The summed E-state index contributed by atoms with van der Waals surface area (Å²) < 4.78 is 0. The molecule has 0 unspecified atom stereocenters. The Bertz CT molecular complexity index is 561. The molecule has 0 radical (unpaired) electrons. The number of aromatic nitrogens is 2. The highest BCUT2D eigenvalue weighted by molar-refractivity contribution is 5.94. The maximum Gasteiger partial charge on any atom is 0.251 e. The van der Waals surface area contributed by atoms with E-state index in [0.29, 0.717) is 5.56 Å². The zero-order chi connectivity index (χ0) is 13.7. The van der Waals surface area contributed by atoms with Crippen LogP contribution < -0.4 is 11.1 Å². The van der Waals surface area contributed by atoms with E-state index in [0.717, 1.165) is 11.1 Å². The first-order valence-electron chi connectivity index (χ1n) is 5.82. The summed E-state index contributed by atoms with van der Waals surface area (Å²) in [5.41, 5.74) is 7.46. The Morgan fingerprint density at radius 1 is 1.21 bits per heavy atom. The number of carbonyl (C=O) groups excluding carboxylic acids is 2. The molecule has 1 aromatic carbocycles. The average molecular weight is 258 g/mol. The van der Waals surface area contributed by atoms with Crippen molar-refractivity contribution < 1.29 is 9.59 Å². The second-order valence-electron chi connectivity index (χ2n) is 4.04. The van der Waals surface area contributed by atoms with Crippen LogP contribution in [0.25, 0.3) is 11.1 Å². The van der Waals surface area contributed by atoms with E-state index in [1.807, 2.05) is 12.1 Å². The third-order valence-electron chi connectivity index (χ3n) is 2.64. The summed E-state index contributed by atoms with van der Waals surface area (Å²) in [5.74, 6) is -0.657. The number of aromatic amines is 1. The second kappa shape index (κ2) is 5.81. The number of carbonyl (C=O) groups is 2. The molecule has 0 aliphatic carbocycles. The maximum atomic E-state index is 11.7. The van der Waals surface area contributed by atoms with Gasteiger partial charge in [-0.15, -0.1) is 0 Å². The lowest BCUT2D eigenvalue weighted by molar-refractivity contribution is -0.117. The summed E-state index contributed by atoms with van der Waals surface area (Å²) in [4.78, 5) is 22.3. The molecule has 2 aromatic rings. The lowest BCUT2D eigenvalue weighted by atomic mass is 10.1. The first-order valence-corrected chi connectivity index (χ1v) is 5.82. The van der Waals surface area contributed by atoms with Crippen molar-refractivity contribution in [3.8, 4) is 11.1 Å². The number of benzene rings is 1. The van der Waals surface area contributed by atoms with Crippen molar-refractivity contribution in [2.24, 2.45) is 5.73 Å². The van der Waals surface area contributed by atoms with Gasteiger partial charge in [0.15, 0.2) is 0 Å². The molecule has 0 spiro atoms. The predicted octanol–water partition coefficient (Wildman–Crippen LogP) is 0.682. The normalized spacial score (nSPS) is 10.1. The van der Waals surface area contributed by atoms with Crippen molar-refractivity contribution in [1.29, 1.82) is 0 Å². The molecule has 2 rings (SSSR count). The molecule has 1 aromatic heterocycles. The smallest absolute Gasteiger partial charge is 0.251 e. The quantitative estimate of drug-likeness (QED) is 0.735. The number of rotatable bonds is 5. The molecule has 0 bridgehead atoms. The van der Waals surface area contributed by atoms with Gasteiger partial charge in [0.1, 0.15) is 0 Å². The molecule has 6 nitrogen and oxygen atoms in total. The van der Waals surface area contributed by atoms with Gasteiger partial charge in [0, 0.05) is 30.3 Å². The Morgan fingerprint density at radius 3 is 2.53 bits per heavy atom. The molecule has 0 saturated carbocycles. The zero-order valence-corrected chi connectivity index (χ0v) is 10.2. The number of hydrogen-bond donors (Lipinski definition) is 3. The summed E-state index contributed by atoms with van der Waals surface area (Å²) in [5, 5.41) is 9.22. The zero-order valence-electron chi connectivity index (χ0n) is 10.2. The Labute approximate surface area is 110 Å². The Kier molecular flexibility index (Phi) is 3.92. The molecule has 0 fully saturated rings. The number of nitrogens with zero attached hydrogens (tertiary/aromatic N) is 1. The fourth-order valence-corrected chi connectivity index (χ4v) is 1.62. The van der Waals surface area contributed by atoms with Crippen LogP contribution in [-0.4, -0.2) is 28.6 Å². The van der Waals surface area contributed by atoms with Gasteiger partial charge in [0.05, 0.1) is 6.20 Å². The van der Waals surface area contributed by atoms with Crippen LogP contribution in [0.3, 0.4) is 0 Å². The molecule has 0 atom stereocenters. The summed E-state index contributed by atoms with van der Waals surface area (Å²) in [7, 11) is 0. The molecule has 4 N–H and O–H groups in total. The standard InChI is InChI=1S/C13H14N4O2/c14-12(18)5-6-15-13(19)10-3-1-9(2-4-10)11-7-16-17-8-11/h1-4,7-8H,5-6H2,(H2,14,18)(H,15,19)(H,16,17). The van der Waals surface area contributed by atoms with E-state index < -0.39 is 5.91 Å². The molecule has 98 valence electrons. The number of H-pyrrole nitrogens is 1. The first kappa shape index (κ1) is 12.8. The van der Waals surface area contributed by atoms with Crippen LogP contribution in [0.4, 0.5) is 0 Å². The van der Waals surface area contributed by atoms with Crippen LogP contribution in [0.5, 0.6) is 0 Å². The Morgan fingerprint density at radius 2 is 1.95 bits per heavy atom.